The normalized spacial score (nSPS) is 14.6. The molecule has 1 rings (SSSR count). The van der Waals surface area contributed by atoms with Crippen molar-refractivity contribution in [2.45, 2.75) is 19.4 Å². The van der Waals surface area contributed by atoms with Gasteiger partial charge in [0.15, 0.2) is 11.6 Å². The van der Waals surface area contributed by atoms with Crippen molar-refractivity contribution in [3.05, 3.63) is 29.6 Å². The van der Waals surface area contributed by atoms with Crippen LogP contribution in [0.15, 0.2) is 18.2 Å². The first-order valence-electron chi connectivity index (χ1n) is 5.10. The molecule has 0 spiro atoms. The molecule has 0 aliphatic rings. The molecule has 1 unspecified atom stereocenters. The third-order valence-corrected chi connectivity index (χ3v) is 2.30. The molecule has 0 saturated heterocycles. The summed E-state index contributed by atoms with van der Waals surface area (Å²) in [6.07, 6.45) is 0. The predicted molar refractivity (Wildman–Crippen MR) is 59.3 cm³/mol. The van der Waals surface area contributed by atoms with E-state index in [1.54, 1.807) is 19.9 Å². The fourth-order valence-corrected chi connectivity index (χ4v) is 1.41. The van der Waals surface area contributed by atoms with E-state index in [1.807, 2.05) is 0 Å². The quantitative estimate of drug-likeness (QED) is 0.517. The predicted octanol–water partition coefficient (Wildman–Crippen LogP) is 0.895. The number of hydrazine groups is 1. The standard InChI is InChI=1S/C11H17FN2O2/c1-3-16-10-5-4-8(6-9(10)12)11(2,15)7-14-13/h4-6,14-15H,3,7,13H2,1-2H3. The molecular weight excluding hydrogens is 211 g/mol. The van der Waals surface area contributed by atoms with Crippen LogP contribution in [-0.2, 0) is 5.60 Å². The van der Waals surface area contributed by atoms with Crippen molar-refractivity contribution in [2.75, 3.05) is 13.2 Å². The largest absolute Gasteiger partial charge is 0.491 e. The highest BCUT2D eigenvalue weighted by Gasteiger charge is 2.23. The lowest BCUT2D eigenvalue weighted by Gasteiger charge is -2.23. The van der Waals surface area contributed by atoms with E-state index in [-0.39, 0.29) is 12.3 Å². The fraction of sp³-hybridized carbons (Fsp3) is 0.455. The van der Waals surface area contributed by atoms with E-state index in [0.29, 0.717) is 12.2 Å². The van der Waals surface area contributed by atoms with Crippen LogP contribution in [0.3, 0.4) is 0 Å². The molecule has 0 aromatic heterocycles. The highest BCUT2D eigenvalue weighted by molar-refractivity contribution is 5.32. The van der Waals surface area contributed by atoms with E-state index >= 15 is 0 Å². The van der Waals surface area contributed by atoms with Crippen LogP contribution < -0.4 is 16.0 Å². The van der Waals surface area contributed by atoms with E-state index in [9.17, 15) is 9.50 Å². The Hall–Kier alpha value is -1.17. The lowest BCUT2D eigenvalue weighted by atomic mass is 9.96. The van der Waals surface area contributed by atoms with Crippen LogP contribution >= 0.6 is 0 Å². The smallest absolute Gasteiger partial charge is 0.165 e. The van der Waals surface area contributed by atoms with E-state index < -0.39 is 11.4 Å². The fourth-order valence-electron chi connectivity index (χ4n) is 1.41. The average Bonchev–Trinajstić information content (AvgIpc) is 2.21. The van der Waals surface area contributed by atoms with Gasteiger partial charge in [-0.15, -0.1) is 0 Å². The molecular formula is C11H17FN2O2. The first kappa shape index (κ1) is 12.9. The first-order chi connectivity index (χ1) is 7.51. The number of hydrogen-bond donors (Lipinski definition) is 3. The Kier molecular flexibility index (Phi) is 4.23. The van der Waals surface area contributed by atoms with Crippen LogP contribution in [-0.4, -0.2) is 18.3 Å². The zero-order chi connectivity index (χ0) is 12.2. The molecule has 1 atom stereocenters. The summed E-state index contributed by atoms with van der Waals surface area (Å²) in [5, 5.41) is 9.98. The molecule has 4 N–H and O–H groups in total. The molecule has 16 heavy (non-hydrogen) atoms. The summed E-state index contributed by atoms with van der Waals surface area (Å²) in [5.41, 5.74) is 1.60. The van der Waals surface area contributed by atoms with Crippen molar-refractivity contribution in [3.63, 3.8) is 0 Å². The molecule has 0 bridgehead atoms. The molecule has 0 aliphatic carbocycles. The lowest BCUT2D eigenvalue weighted by Crippen LogP contribution is -2.38. The van der Waals surface area contributed by atoms with Crippen LogP contribution in [0.4, 0.5) is 4.39 Å². The molecule has 90 valence electrons. The first-order valence-corrected chi connectivity index (χ1v) is 5.10. The molecule has 0 aliphatic heterocycles. The lowest BCUT2D eigenvalue weighted by molar-refractivity contribution is 0.0568. The summed E-state index contributed by atoms with van der Waals surface area (Å²) < 4.78 is 18.6. The van der Waals surface area contributed by atoms with Crippen LogP contribution in [0, 0.1) is 5.82 Å². The highest BCUT2D eigenvalue weighted by Crippen LogP contribution is 2.25. The van der Waals surface area contributed by atoms with Crippen LogP contribution in [0.1, 0.15) is 19.4 Å². The monoisotopic (exact) mass is 228 g/mol. The third-order valence-electron chi connectivity index (χ3n) is 2.30. The maximum absolute atomic E-state index is 13.5. The van der Waals surface area contributed by atoms with Crippen molar-refractivity contribution in [1.29, 1.82) is 0 Å². The van der Waals surface area contributed by atoms with Gasteiger partial charge in [0.05, 0.1) is 6.61 Å². The third kappa shape index (κ3) is 2.91. The topological polar surface area (TPSA) is 67.5 Å². The van der Waals surface area contributed by atoms with Gasteiger partial charge in [0.1, 0.15) is 5.60 Å². The van der Waals surface area contributed by atoms with Gasteiger partial charge in [0, 0.05) is 6.54 Å². The highest BCUT2D eigenvalue weighted by atomic mass is 19.1. The van der Waals surface area contributed by atoms with Gasteiger partial charge < -0.3 is 9.84 Å². The summed E-state index contributed by atoms with van der Waals surface area (Å²) in [6, 6.07) is 4.37. The van der Waals surface area contributed by atoms with Gasteiger partial charge >= 0.3 is 0 Å². The zero-order valence-corrected chi connectivity index (χ0v) is 9.46. The van der Waals surface area contributed by atoms with Gasteiger partial charge in [0.2, 0.25) is 0 Å². The minimum atomic E-state index is -1.21. The molecule has 0 amide bonds. The van der Waals surface area contributed by atoms with Crippen molar-refractivity contribution < 1.29 is 14.2 Å². The Morgan fingerprint density at radius 1 is 1.56 bits per heavy atom. The number of nitrogens with one attached hydrogen (secondary N) is 1. The van der Waals surface area contributed by atoms with Crippen molar-refractivity contribution in [2.24, 2.45) is 5.84 Å². The van der Waals surface area contributed by atoms with Gasteiger partial charge in [-0.25, -0.2) is 4.39 Å². The number of halogens is 1. The zero-order valence-electron chi connectivity index (χ0n) is 9.46. The maximum atomic E-state index is 13.5. The Morgan fingerprint density at radius 3 is 2.75 bits per heavy atom. The Morgan fingerprint density at radius 2 is 2.25 bits per heavy atom. The molecule has 1 aromatic carbocycles. The molecule has 5 heteroatoms. The molecule has 1 aromatic rings. The van der Waals surface area contributed by atoms with E-state index in [4.69, 9.17) is 10.6 Å². The summed E-state index contributed by atoms with van der Waals surface area (Å²) in [5.74, 6) is 4.83. The van der Waals surface area contributed by atoms with E-state index in [1.165, 1.54) is 12.1 Å². The number of aliphatic hydroxyl groups is 1. The maximum Gasteiger partial charge on any atom is 0.165 e. The molecule has 0 heterocycles. The summed E-state index contributed by atoms with van der Waals surface area (Å²) in [4.78, 5) is 0. The van der Waals surface area contributed by atoms with Gasteiger partial charge in [-0.3, -0.25) is 11.3 Å². The van der Waals surface area contributed by atoms with Gasteiger partial charge in [-0.1, -0.05) is 6.07 Å². The minimum absolute atomic E-state index is 0.139. The summed E-state index contributed by atoms with van der Waals surface area (Å²) in [6.45, 7) is 3.88. The van der Waals surface area contributed by atoms with Gasteiger partial charge in [0.25, 0.3) is 0 Å². The number of rotatable bonds is 5. The molecule has 0 fully saturated rings. The van der Waals surface area contributed by atoms with Crippen LogP contribution in [0.25, 0.3) is 0 Å². The number of benzene rings is 1. The molecule has 0 radical (unpaired) electrons. The van der Waals surface area contributed by atoms with Gasteiger partial charge in [-0.05, 0) is 31.5 Å². The van der Waals surface area contributed by atoms with Crippen LogP contribution in [0.2, 0.25) is 0 Å². The van der Waals surface area contributed by atoms with E-state index in [2.05, 4.69) is 5.43 Å². The number of nitrogens with two attached hydrogens (primary N) is 1. The minimum Gasteiger partial charge on any atom is -0.491 e. The molecule has 0 saturated carbocycles. The van der Waals surface area contributed by atoms with Crippen molar-refractivity contribution in [3.8, 4) is 5.75 Å². The second-order valence-electron chi connectivity index (χ2n) is 3.73. The van der Waals surface area contributed by atoms with E-state index in [0.717, 1.165) is 0 Å². The summed E-state index contributed by atoms with van der Waals surface area (Å²) in [7, 11) is 0. The second kappa shape index (κ2) is 5.25. The average molecular weight is 228 g/mol. The van der Waals surface area contributed by atoms with Crippen LogP contribution in [0.5, 0.6) is 5.75 Å². The second-order valence-corrected chi connectivity index (χ2v) is 3.73. The number of ether oxygens (including phenoxy) is 1. The van der Waals surface area contributed by atoms with Crippen molar-refractivity contribution >= 4 is 0 Å². The Bertz CT molecular complexity index is 356. The SMILES string of the molecule is CCOc1ccc(C(C)(O)CNN)cc1F. The summed E-state index contributed by atoms with van der Waals surface area (Å²) >= 11 is 0. The van der Waals surface area contributed by atoms with Gasteiger partial charge in [-0.2, -0.15) is 0 Å². The Labute approximate surface area is 94.2 Å². The Balaban J connectivity index is 2.96. The number of hydrogen-bond acceptors (Lipinski definition) is 4. The van der Waals surface area contributed by atoms with Crippen molar-refractivity contribution in [1.82, 2.24) is 5.43 Å². The molecule has 4 nitrogen and oxygen atoms in total.